The monoisotopic (exact) mass is 265 g/mol. The summed E-state index contributed by atoms with van der Waals surface area (Å²) < 4.78 is 5.06. The van der Waals surface area contributed by atoms with Gasteiger partial charge < -0.3 is 14.9 Å². The number of hydrogen-bond donors (Lipinski definition) is 2. The zero-order chi connectivity index (χ0) is 14.2. The predicted octanol–water partition coefficient (Wildman–Crippen LogP) is 2.56. The normalized spacial score (nSPS) is 21.9. The molecule has 0 unspecified atom stereocenters. The van der Waals surface area contributed by atoms with E-state index in [1.54, 1.807) is 17.9 Å². The summed E-state index contributed by atoms with van der Waals surface area (Å²) >= 11 is 0. The van der Waals surface area contributed by atoms with Crippen LogP contribution < -0.4 is 0 Å². The molecule has 0 aliphatic carbocycles. The molecule has 1 heterocycles. The number of nitrogens with zero attached hydrogens (tertiary/aromatic N) is 1. The highest BCUT2D eigenvalue weighted by molar-refractivity contribution is 5.70. The Hall–Kier alpha value is -1.91. The summed E-state index contributed by atoms with van der Waals surface area (Å²) in [7, 11) is 0. The Bertz CT molecular complexity index is 500. The van der Waals surface area contributed by atoms with Gasteiger partial charge in [-0.05, 0) is 38.8 Å². The highest BCUT2D eigenvalue weighted by atomic mass is 16.6. The summed E-state index contributed by atoms with van der Waals surface area (Å²) in [6.07, 6.45) is 0.209. The molecular weight excluding hydrogens is 246 g/mol. The van der Waals surface area contributed by atoms with Crippen LogP contribution in [0.15, 0.2) is 12.1 Å². The molecule has 1 aliphatic rings. The average Bonchev–Trinajstić information content (AvgIpc) is 2.27. The number of rotatable bonds is 1. The van der Waals surface area contributed by atoms with Crippen LogP contribution in [0.3, 0.4) is 0 Å². The van der Waals surface area contributed by atoms with Crippen molar-refractivity contribution in [2.24, 2.45) is 0 Å². The van der Waals surface area contributed by atoms with E-state index in [0.29, 0.717) is 18.6 Å². The fourth-order valence-corrected chi connectivity index (χ4v) is 2.80. The molecule has 1 amide bonds. The molecule has 5 nitrogen and oxygen atoms in total. The van der Waals surface area contributed by atoms with E-state index < -0.39 is 0 Å². The van der Waals surface area contributed by atoms with Crippen molar-refractivity contribution < 1.29 is 19.7 Å². The third-order valence-corrected chi connectivity index (χ3v) is 3.53. The molecule has 1 aromatic carbocycles. The van der Waals surface area contributed by atoms with Gasteiger partial charge in [-0.3, -0.25) is 4.90 Å². The van der Waals surface area contributed by atoms with Gasteiger partial charge in [0.1, 0.15) is 11.5 Å². The number of aromatic hydroxyl groups is 2. The lowest BCUT2D eigenvalue weighted by atomic mass is 9.89. The Balaban J connectivity index is 2.41. The van der Waals surface area contributed by atoms with Gasteiger partial charge in [-0.15, -0.1) is 0 Å². The topological polar surface area (TPSA) is 70.0 Å². The maximum atomic E-state index is 12.0. The van der Waals surface area contributed by atoms with Crippen LogP contribution in [0.4, 0.5) is 4.79 Å². The molecule has 0 radical (unpaired) electrons. The summed E-state index contributed by atoms with van der Waals surface area (Å²) in [5.41, 5.74) is 1.56. The first-order valence-electron chi connectivity index (χ1n) is 6.45. The number of carbonyl (C=O) groups is 1. The van der Waals surface area contributed by atoms with Crippen molar-refractivity contribution >= 4 is 6.09 Å². The molecule has 2 atom stereocenters. The van der Waals surface area contributed by atoms with Gasteiger partial charge in [0.05, 0.1) is 12.6 Å². The van der Waals surface area contributed by atoms with Crippen molar-refractivity contribution in [3.63, 3.8) is 0 Å². The molecule has 1 aromatic rings. The summed E-state index contributed by atoms with van der Waals surface area (Å²) in [6, 6.07) is 2.63. The van der Waals surface area contributed by atoms with Gasteiger partial charge in [-0.1, -0.05) is 0 Å². The fraction of sp³-hybridized carbons (Fsp3) is 0.500. The Labute approximate surface area is 112 Å². The summed E-state index contributed by atoms with van der Waals surface area (Å²) in [6.45, 7) is 5.86. The molecular formula is C14H19NO4. The van der Waals surface area contributed by atoms with Gasteiger partial charge in [0.25, 0.3) is 0 Å². The van der Waals surface area contributed by atoms with E-state index in [1.165, 1.54) is 6.07 Å². The molecule has 2 N–H and O–H groups in total. The number of carbonyl (C=O) groups excluding carboxylic acids is 1. The minimum atomic E-state index is -0.374. The molecule has 0 saturated carbocycles. The lowest BCUT2D eigenvalue weighted by molar-refractivity contribution is 0.0704. The molecule has 2 rings (SSSR count). The zero-order valence-electron chi connectivity index (χ0n) is 11.4. The second-order valence-electron chi connectivity index (χ2n) is 4.87. The smallest absolute Gasteiger partial charge is 0.410 e. The quantitative estimate of drug-likeness (QED) is 0.818. The Morgan fingerprint density at radius 3 is 2.74 bits per heavy atom. The van der Waals surface area contributed by atoms with E-state index in [-0.39, 0.29) is 29.7 Å². The van der Waals surface area contributed by atoms with E-state index in [9.17, 15) is 15.0 Å². The van der Waals surface area contributed by atoms with E-state index in [1.807, 2.05) is 13.8 Å². The second-order valence-corrected chi connectivity index (χ2v) is 4.87. The van der Waals surface area contributed by atoms with E-state index in [2.05, 4.69) is 0 Å². The maximum absolute atomic E-state index is 12.0. The second kappa shape index (κ2) is 4.99. The van der Waals surface area contributed by atoms with Crippen molar-refractivity contribution in [3.05, 3.63) is 23.3 Å². The van der Waals surface area contributed by atoms with Crippen molar-refractivity contribution in [1.82, 2.24) is 4.90 Å². The lowest BCUT2D eigenvalue weighted by Crippen LogP contribution is -2.45. The maximum Gasteiger partial charge on any atom is 0.410 e. The van der Waals surface area contributed by atoms with Gasteiger partial charge in [0.2, 0.25) is 0 Å². The predicted molar refractivity (Wildman–Crippen MR) is 70.2 cm³/mol. The SMILES string of the molecule is CCOC(=O)N1[C@H](C)Cc2cc(O)cc(O)c2[C@@H]1C. The fourth-order valence-electron chi connectivity index (χ4n) is 2.80. The highest BCUT2D eigenvalue weighted by Gasteiger charge is 2.35. The Morgan fingerprint density at radius 2 is 2.11 bits per heavy atom. The summed E-state index contributed by atoms with van der Waals surface area (Å²) in [5, 5.41) is 19.5. The van der Waals surface area contributed by atoms with Crippen LogP contribution in [0.5, 0.6) is 11.5 Å². The number of hydrogen-bond acceptors (Lipinski definition) is 4. The van der Waals surface area contributed by atoms with Crippen LogP contribution in [-0.4, -0.2) is 33.9 Å². The van der Waals surface area contributed by atoms with E-state index >= 15 is 0 Å². The molecule has 104 valence electrons. The van der Waals surface area contributed by atoms with Crippen LogP contribution in [-0.2, 0) is 11.2 Å². The van der Waals surface area contributed by atoms with E-state index in [0.717, 1.165) is 5.56 Å². The van der Waals surface area contributed by atoms with Crippen LogP contribution >= 0.6 is 0 Å². The van der Waals surface area contributed by atoms with Gasteiger partial charge in [0.15, 0.2) is 0 Å². The summed E-state index contributed by atoms with van der Waals surface area (Å²) in [4.78, 5) is 13.6. The van der Waals surface area contributed by atoms with Crippen molar-refractivity contribution in [2.45, 2.75) is 39.3 Å². The van der Waals surface area contributed by atoms with Gasteiger partial charge >= 0.3 is 6.09 Å². The lowest BCUT2D eigenvalue weighted by Gasteiger charge is -2.39. The zero-order valence-corrected chi connectivity index (χ0v) is 11.4. The number of amides is 1. The first kappa shape index (κ1) is 13.5. The van der Waals surface area contributed by atoms with Crippen molar-refractivity contribution in [3.8, 4) is 11.5 Å². The largest absolute Gasteiger partial charge is 0.508 e. The van der Waals surface area contributed by atoms with Crippen LogP contribution in [0.2, 0.25) is 0 Å². The van der Waals surface area contributed by atoms with Gasteiger partial charge in [0, 0.05) is 17.7 Å². The standard InChI is InChI=1S/C14H19NO4/c1-4-19-14(18)15-8(2)5-10-6-11(16)7-12(17)13(10)9(15)3/h6-9,16-17H,4-5H2,1-3H3/t8-,9+/m1/s1. The number of phenols is 2. The Kier molecular flexibility index (Phi) is 3.55. The molecule has 0 bridgehead atoms. The molecule has 19 heavy (non-hydrogen) atoms. The molecule has 5 heteroatoms. The van der Waals surface area contributed by atoms with E-state index in [4.69, 9.17) is 4.74 Å². The first-order chi connectivity index (χ1) is 8.95. The van der Waals surface area contributed by atoms with Crippen molar-refractivity contribution in [1.29, 1.82) is 0 Å². The number of phenolic OH excluding ortho intramolecular Hbond substituents is 2. The summed E-state index contributed by atoms with van der Waals surface area (Å²) in [5.74, 6) is 0.0592. The molecule has 0 aromatic heterocycles. The number of ether oxygens (including phenoxy) is 1. The molecule has 0 fully saturated rings. The third kappa shape index (κ3) is 2.32. The van der Waals surface area contributed by atoms with Crippen LogP contribution in [0, 0.1) is 0 Å². The average molecular weight is 265 g/mol. The molecule has 0 spiro atoms. The molecule has 1 aliphatic heterocycles. The minimum absolute atomic E-state index is 0.0173. The minimum Gasteiger partial charge on any atom is -0.508 e. The van der Waals surface area contributed by atoms with Crippen LogP contribution in [0.1, 0.15) is 37.9 Å². The number of benzene rings is 1. The number of fused-ring (bicyclic) bond motifs is 1. The van der Waals surface area contributed by atoms with Gasteiger partial charge in [-0.25, -0.2) is 4.79 Å². The highest BCUT2D eigenvalue weighted by Crippen LogP contribution is 2.40. The third-order valence-electron chi connectivity index (χ3n) is 3.53. The molecule has 0 saturated heterocycles. The van der Waals surface area contributed by atoms with Crippen LogP contribution in [0.25, 0.3) is 0 Å². The van der Waals surface area contributed by atoms with Gasteiger partial charge in [-0.2, -0.15) is 0 Å². The first-order valence-corrected chi connectivity index (χ1v) is 6.45. The Morgan fingerprint density at radius 1 is 1.42 bits per heavy atom. The van der Waals surface area contributed by atoms with Crippen molar-refractivity contribution in [2.75, 3.05) is 6.61 Å².